The molecule has 0 aromatic heterocycles. The maximum atomic E-state index is 11.9. The molecule has 2 atom stereocenters. The van der Waals surface area contributed by atoms with Crippen molar-refractivity contribution in [3.8, 4) is 5.75 Å². The largest absolute Gasteiger partial charge is 0.508 e. The van der Waals surface area contributed by atoms with Gasteiger partial charge in [0, 0.05) is 16.1 Å². The lowest BCUT2D eigenvalue weighted by Crippen LogP contribution is -2.40. The molecule has 0 aliphatic heterocycles. The van der Waals surface area contributed by atoms with E-state index in [1.54, 1.807) is 12.1 Å². The van der Waals surface area contributed by atoms with Crippen LogP contribution in [0.15, 0.2) is 22.7 Å². The second-order valence-corrected chi connectivity index (χ2v) is 6.45. The predicted molar refractivity (Wildman–Crippen MR) is 87.2 cm³/mol. The monoisotopic (exact) mass is 357 g/mol. The summed E-state index contributed by atoms with van der Waals surface area (Å²) in [7, 11) is 1.40. The van der Waals surface area contributed by atoms with E-state index in [0.29, 0.717) is 12.3 Å². The summed E-state index contributed by atoms with van der Waals surface area (Å²) in [6.45, 7) is 6.14. The first-order valence-electron chi connectivity index (χ1n) is 7.21. The van der Waals surface area contributed by atoms with Gasteiger partial charge < -0.3 is 9.84 Å². The molecule has 0 amide bonds. The molecule has 0 aliphatic rings. The van der Waals surface area contributed by atoms with Crippen molar-refractivity contribution in [1.82, 2.24) is 5.32 Å². The van der Waals surface area contributed by atoms with Crippen molar-refractivity contribution in [2.24, 2.45) is 5.92 Å². The van der Waals surface area contributed by atoms with Gasteiger partial charge in [0.1, 0.15) is 11.8 Å². The number of phenols is 1. The molecule has 0 fully saturated rings. The van der Waals surface area contributed by atoms with Gasteiger partial charge in [-0.25, -0.2) is 0 Å². The van der Waals surface area contributed by atoms with Crippen LogP contribution in [0, 0.1) is 5.92 Å². The lowest BCUT2D eigenvalue weighted by atomic mass is 9.98. The Morgan fingerprint density at radius 2 is 2.10 bits per heavy atom. The molecular weight excluding hydrogens is 334 g/mol. The van der Waals surface area contributed by atoms with Gasteiger partial charge in [0.05, 0.1) is 7.11 Å². The van der Waals surface area contributed by atoms with E-state index in [9.17, 15) is 9.90 Å². The average Bonchev–Trinajstić information content (AvgIpc) is 2.45. The minimum absolute atomic E-state index is 0.106. The van der Waals surface area contributed by atoms with Crippen molar-refractivity contribution in [2.75, 3.05) is 7.11 Å². The van der Waals surface area contributed by atoms with Crippen molar-refractivity contribution in [3.05, 3.63) is 28.2 Å². The van der Waals surface area contributed by atoms with Gasteiger partial charge in [0.25, 0.3) is 0 Å². The van der Waals surface area contributed by atoms with Crippen molar-refractivity contribution in [2.45, 2.75) is 45.7 Å². The summed E-state index contributed by atoms with van der Waals surface area (Å²) in [5, 5.41) is 13.4. The number of phenolic OH excluding ortho intramolecular Hbond substituents is 1. The smallest absolute Gasteiger partial charge is 0.322 e. The summed E-state index contributed by atoms with van der Waals surface area (Å²) in [5.41, 5.74) is 0.782. The molecule has 0 spiro atoms. The second kappa shape index (κ2) is 8.39. The SMILES string of the molecule is CCC(NC(CC(C)C)C(=O)OC)c1cc(Br)ccc1O. The number of methoxy groups -OCH3 is 1. The molecule has 2 unspecified atom stereocenters. The highest BCUT2D eigenvalue weighted by atomic mass is 79.9. The molecule has 5 heteroatoms. The van der Waals surface area contributed by atoms with Crippen molar-refractivity contribution in [3.63, 3.8) is 0 Å². The first kappa shape index (κ1) is 18.0. The maximum absolute atomic E-state index is 11.9. The van der Waals surface area contributed by atoms with Gasteiger partial charge in [-0.15, -0.1) is 0 Å². The third kappa shape index (κ3) is 5.32. The fourth-order valence-electron chi connectivity index (χ4n) is 2.32. The summed E-state index contributed by atoms with van der Waals surface area (Å²) in [4.78, 5) is 11.9. The normalized spacial score (nSPS) is 14.0. The van der Waals surface area contributed by atoms with Crippen LogP contribution in [0.2, 0.25) is 0 Å². The Balaban J connectivity index is 2.97. The number of esters is 1. The van der Waals surface area contributed by atoms with E-state index in [2.05, 4.69) is 35.1 Å². The number of halogens is 1. The van der Waals surface area contributed by atoms with Crippen molar-refractivity contribution in [1.29, 1.82) is 0 Å². The van der Waals surface area contributed by atoms with Crippen LogP contribution in [0.5, 0.6) is 5.75 Å². The Hall–Kier alpha value is -1.07. The number of rotatable bonds is 7. The highest BCUT2D eigenvalue weighted by molar-refractivity contribution is 9.10. The zero-order valence-corrected chi connectivity index (χ0v) is 14.6. The first-order chi connectivity index (χ1) is 9.88. The summed E-state index contributed by atoms with van der Waals surface area (Å²) in [5.74, 6) is 0.331. The van der Waals surface area contributed by atoms with Crippen molar-refractivity contribution < 1.29 is 14.6 Å². The molecule has 2 N–H and O–H groups in total. The Kier molecular flexibility index (Phi) is 7.18. The van der Waals surface area contributed by atoms with Crippen LogP contribution in [0.25, 0.3) is 0 Å². The quantitative estimate of drug-likeness (QED) is 0.729. The van der Waals surface area contributed by atoms with Gasteiger partial charge in [-0.1, -0.05) is 36.7 Å². The zero-order chi connectivity index (χ0) is 16.0. The number of ether oxygens (including phenoxy) is 1. The van der Waals surface area contributed by atoms with Gasteiger partial charge in [-0.3, -0.25) is 10.1 Å². The minimum Gasteiger partial charge on any atom is -0.508 e. The number of carbonyl (C=O) groups excluding carboxylic acids is 1. The Morgan fingerprint density at radius 1 is 1.43 bits per heavy atom. The topological polar surface area (TPSA) is 58.6 Å². The summed E-state index contributed by atoms with van der Waals surface area (Å²) >= 11 is 3.41. The fourth-order valence-corrected chi connectivity index (χ4v) is 2.70. The number of nitrogens with one attached hydrogen (secondary N) is 1. The first-order valence-corrected chi connectivity index (χ1v) is 8.00. The molecule has 118 valence electrons. The highest BCUT2D eigenvalue weighted by Gasteiger charge is 2.25. The van der Waals surface area contributed by atoms with E-state index in [4.69, 9.17) is 4.74 Å². The van der Waals surface area contributed by atoms with Crippen LogP contribution >= 0.6 is 15.9 Å². The molecule has 1 aromatic carbocycles. The highest BCUT2D eigenvalue weighted by Crippen LogP contribution is 2.30. The van der Waals surface area contributed by atoms with Crippen LogP contribution < -0.4 is 5.32 Å². The van der Waals surface area contributed by atoms with Gasteiger partial charge in [-0.05, 0) is 37.0 Å². The molecule has 0 bridgehead atoms. The molecule has 4 nitrogen and oxygen atoms in total. The molecule has 0 saturated heterocycles. The number of aromatic hydroxyl groups is 1. The second-order valence-electron chi connectivity index (χ2n) is 5.54. The predicted octanol–water partition coefficient (Wildman–Crippen LogP) is 3.78. The standard InChI is InChI=1S/C16H24BrNO3/c1-5-13(12-9-11(17)6-7-15(12)19)18-14(8-10(2)3)16(20)21-4/h6-7,9-10,13-14,18-19H,5,8H2,1-4H3. The summed E-state index contributed by atoms with van der Waals surface area (Å²) in [6.07, 6.45) is 1.45. The van der Waals surface area contributed by atoms with E-state index in [0.717, 1.165) is 16.5 Å². The molecule has 0 aliphatic carbocycles. The van der Waals surface area contributed by atoms with Gasteiger partial charge in [0.2, 0.25) is 0 Å². The van der Waals surface area contributed by atoms with Gasteiger partial charge in [-0.2, -0.15) is 0 Å². The van der Waals surface area contributed by atoms with Crippen LogP contribution in [0.1, 0.15) is 45.2 Å². The number of carbonyl (C=O) groups is 1. The van der Waals surface area contributed by atoms with E-state index < -0.39 is 0 Å². The minimum atomic E-state index is -0.377. The third-order valence-corrected chi connectivity index (χ3v) is 3.86. The zero-order valence-electron chi connectivity index (χ0n) is 13.0. The van der Waals surface area contributed by atoms with Crippen molar-refractivity contribution >= 4 is 21.9 Å². The Bertz CT molecular complexity index is 477. The van der Waals surface area contributed by atoms with E-state index in [-0.39, 0.29) is 23.8 Å². The van der Waals surface area contributed by atoms with E-state index in [1.165, 1.54) is 7.11 Å². The molecule has 0 radical (unpaired) electrons. The molecular formula is C16H24BrNO3. The molecule has 0 saturated carbocycles. The summed E-state index contributed by atoms with van der Waals surface area (Å²) < 4.78 is 5.77. The number of hydrogen-bond donors (Lipinski definition) is 2. The lowest BCUT2D eigenvalue weighted by molar-refractivity contribution is -0.143. The van der Waals surface area contributed by atoms with Crippen LogP contribution in [-0.4, -0.2) is 24.2 Å². The van der Waals surface area contributed by atoms with Crippen LogP contribution in [-0.2, 0) is 9.53 Å². The number of benzene rings is 1. The molecule has 0 heterocycles. The van der Waals surface area contributed by atoms with E-state index >= 15 is 0 Å². The van der Waals surface area contributed by atoms with Gasteiger partial charge in [0.15, 0.2) is 0 Å². The molecule has 21 heavy (non-hydrogen) atoms. The lowest BCUT2D eigenvalue weighted by Gasteiger charge is -2.25. The van der Waals surface area contributed by atoms with E-state index in [1.807, 2.05) is 13.0 Å². The Morgan fingerprint density at radius 3 is 2.62 bits per heavy atom. The Labute approximate surface area is 135 Å². The average molecular weight is 358 g/mol. The third-order valence-electron chi connectivity index (χ3n) is 3.37. The number of hydrogen-bond acceptors (Lipinski definition) is 4. The molecule has 1 aromatic rings. The maximum Gasteiger partial charge on any atom is 0.322 e. The fraction of sp³-hybridized carbons (Fsp3) is 0.562. The molecule has 1 rings (SSSR count). The van der Waals surface area contributed by atoms with Crippen LogP contribution in [0.3, 0.4) is 0 Å². The summed E-state index contributed by atoms with van der Waals surface area (Å²) in [6, 6.07) is 4.83. The van der Waals surface area contributed by atoms with Crippen LogP contribution in [0.4, 0.5) is 0 Å². The van der Waals surface area contributed by atoms with Gasteiger partial charge >= 0.3 is 5.97 Å².